The predicted octanol–water partition coefficient (Wildman–Crippen LogP) is 4.23. The molecule has 1 aromatic heterocycles. The van der Waals surface area contributed by atoms with E-state index in [1.165, 1.54) is 22.6 Å². The number of unbranched alkanes of at least 4 members (excludes halogenated alkanes) is 1. The van der Waals surface area contributed by atoms with Gasteiger partial charge in [0, 0.05) is 41.8 Å². The van der Waals surface area contributed by atoms with E-state index in [1.54, 1.807) is 11.3 Å². The first-order chi connectivity index (χ1) is 12.3. The highest BCUT2D eigenvalue weighted by molar-refractivity contribution is 7.09. The molecule has 0 radical (unpaired) electrons. The van der Waals surface area contributed by atoms with Gasteiger partial charge in [0.25, 0.3) is 0 Å². The van der Waals surface area contributed by atoms with Gasteiger partial charge in [-0.2, -0.15) is 0 Å². The van der Waals surface area contributed by atoms with Crippen LogP contribution < -0.4 is 10.1 Å². The van der Waals surface area contributed by atoms with Crippen molar-refractivity contribution < 1.29 is 4.74 Å². The largest absolute Gasteiger partial charge is 0.494 e. The lowest BCUT2D eigenvalue weighted by molar-refractivity contribution is 0.236. The number of thiazole rings is 1. The van der Waals surface area contributed by atoms with Gasteiger partial charge in [0.15, 0.2) is 0 Å². The van der Waals surface area contributed by atoms with Gasteiger partial charge in [0.2, 0.25) is 0 Å². The number of aromatic nitrogens is 1. The standard InChI is InChI=1S/C20H25N3OS/c1-15-4-5-16-6-7-17(12-19(16)22-15)24-11-3-2-9-23-10-8-18-20(13-23)25-14-21-18/h6-7,12,14,22H,1-5,8-11,13H2. The van der Waals surface area contributed by atoms with Gasteiger partial charge in [-0.05, 0) is 43.9 Å². The van der Waals surface area contributed by atoms with Crippen LogP contribution in [0, 0.1) is 0 Å². The highest BCUT2D eigenvalue weighted by Crippen LogP contribution is 2.29. The van der Waals surface area contributed by atoms with Crippen LogP contribution in [0.3, 0.4) is 0 Å². The number of aryl methyl sites for hydroxylation is 1. The van der Waals surface area contributed by atoms with Crippen LogP contribution in [-0.4, -0.2) is 29.6 Å². The summed E-state index contributed by atoms with van der Waals surface area (Å²) < 4.78 is 5.94. The Morgan fingerprint density at radius 3 is 3.16 bits per heavy atom. The minimum absolute atomic E-state index is 0.777. The van der Waals surface area contributed by atoms with Crippen LogP contribution in [0.1, 0.15) is 35.4 Å². The predicted molar refractivity (Wildman–Crippen MR) is 103 cm³/mol. The number of hydrogen-bond acceptors (Lipinski definition) is 5. The maximum Gasteiger partial charge on any atom is 0.121 e. The third-order valence-electron chi connectivity index (χ3n) is 4.98. The number of ether oxygens (including phenoxy) is 1. The molecular weight excluding hydrogens is 330 g/mol. The molecule has 2 aliphatic rings. The Morgan fingerprint density at radius 2 is 2.20 bits per heavy atom. The summed E-state index contributed by atoms with van der Waals surface area (Å²) in [5.74, 6) is 0.952. The summed E-state index contributed by atoms with van der Waals surface area (Å²) in [6, 6.07) is 6.37. The highest BCUT2D eigenvalue weighted by Gasteiger charge is 2.17. The van der Waals surface area contributed by atoms with Crippen LogP contribution in [0.4, 0.5) is 5.69 Å². The van der Waals surface area contributed by atoms with Crippen molar-refractivity contribution in [3.63, 3.8) is 0 Å². The van der Waals surface area contributed by atoms with Crippen molar-refractivity contribution in [3.05, 3.63) is 52.1 Å². The summed E-state index contributed by atoms with van der Waals surface area (Å²) in [6.45, 7) is 8.15. The average molecular weight is 356 g/mol. The molecule has 0 saturated carbocycles. The molecular formula is C20H25N3OS. The van der Waals surface area contributed by atoms with E-state index in [-0.39, 0.29) is 0 Å². The average Bonchev–Trinajstić information content (AvgIpc) is 3.09. The molecule has 1 N–H and O–H groups in total. The van der Waals surface area contributed by atoms with E-state index in [1.807, 2.05) is 5.51 Å². The number of allylic oxidation sites excluding steroid dienone is 1. The minimum Gasteiger partial charge on any atom is -0.494 e. The van der Waals surface area contributed by atoms with Crippen LogP contribution in [0.25, 0.3) is 0 Å². The maximum absolute atomic E-state index is 5.94. The van der Waals surface area contributed by atoms with Crippen LogP contribution in [0.5, 0.6) is 5.75 Å². The fourth-order valence-electron chi connectivity index (χ4n) is 3.51. The first-order valence-electron chi connectivity index (χ1n) is 9.12. The fourth-order valence-corrected chi connectivity index (χ4v) is 4.36. The van der Waals surface area contributed by atoms with Gasteiger partial charge in [-0.25, -0.2) is 4.98 Å². The lowest BCUT2D eigenvalue weighted by Crippen LogP contribution is -2.30. The van der Waals surface area contributed by atoms with Crippen LogP contribution in [0.2, 0.25) is 0 Å². The molecule has 0 aliphatic carbocycles. The number of benzene rings is 1. The van der Waals surface area contributed by atoms with Crippen molar-refractivity contribution in [1.29, 1.82) is 0 Å². The Labute approximate surface area is 153 Å². The van der Waals surface area contributed by atoms with Crippen molar-refractivity contribution in [1.82, 2.24) is 9.88 Å². The lowest BCUT2D eigenvalue weighted by atomic mass is 10.0. The molecule has 3 heterocycles. The fraction of sp³-hybridized carbons (Fsp3) is 0.450. The van der Waals surface area contributed by atoms with E-state index >= 15 is 0 Å². The van der Waals surface area contributed by atoms with Gasteiger partial charge in [-0.1, -0.05) is 12.6 Å². The second kappa shape index (κ2) is 7.58. The SMILES string of the molecule is C=C1CCc2ccc(OCCCCN3CCc4ncsc4C3)cc2N1. The number of hydrogen-bond donors (Lipinski definition) is 1. The number of rotatable bonds is 6. The third-order valence-corrected chi connectivity index (χ3v) is 5.84. The maximum atomic E-state index is 5.94. The molecule has 4 nitrogen and oxygen atoms in total. The number of nitrogens with one attached hydrogen (secondary N) is 1. The summed E-state index contributed by atoms with van der Waals surface area (Å²) in [6.07, 6.45) is 5.45. The Hall–Kier alpha value is -1.85. The summed E-state index contributed by atoms with van der Waals surface area (Å²) in [5.41, 5.74) is 6.89. The second-order valence-electron chi connectivity index (χ2n) is 6.85. The van der Waals surface area contributed by atoms with Crippen LogP contribution >= 0.6 is 11.3 Å². The second-order valence-corrected chi connectivity index (χ2v) is 7.79. The normalized spacial score (nSPS) is 16.9. The molecule has 0 atom stereocenters. The molecule has 132 valence electrons. The van der Waals surface area contributed by atoms with Crippen molar-refractivity contribution in [2.24, 2.45) is 0 Å². The topological polar surface area (TPSA) is 37.4 Å². The van der Waals surface area contributed by atoms with E-state index in [0.717, 1.165) is 69.1 Å². The molecule has 2 aromatic rings. The molecule has 4 rings (SSSR count). The van der Waals surface area contributed by atoms with Gasteiger partial charge in [-0.3, -0.25) is 4.90 Å². The quantitative estimate of drug-likeness (QED) is 0.787. The van der Waals surface area contributed by atoms with Gasteiger partial charge < -0.3 is 10.1 Å². The smallest absolute Gasteiger partial charge is 0.121 e. The van der Waals surface area contributed by atoms with E-state index in [9.17, 15) is 0 Å². The molecule has 0 unspecified atom stereocenters. The third kappa shape index (κ3) is 4.05. The first kappa shape index (κ1) is 16.6. The van der Waals surface area contributed by atoms with Gasteiger partial charge in [-0.15, -0.1) is 11.3 Å². The van der Waals surface area contributed by atoms with Crippen LogP contribution in [0.15, 0.2) is 36.0 Å². The zero-order valence-electron chi connectivity index (χ0n) is 14.6. The Kier molecular flexibility index (Phi) is 5.04. The van der Waals surface area contributed by atoms with Crippen molar-refractivity contribution in [2.45, 2.75) is 38.6 Å². The summed E-state index contributed by atoms with van der Waals surface area (Å²) >= 11 is 1.79. The molecule has 1 aromatic carbocycles. The van der Waals surface area contributed by atoms with E-state index in [2.05, 4.69) is 40.0 Å². The summed E-state index contributed by atoms with van der Waals surface area (Å²) in [7, 11) is 0. The molecule has 25 heavy (non-hydrogen) atoms. The minimum atomic E-state index is 0.777. The molecule has 0 amide bonds. The summed E-state index contributed by atoms with van der Waals surface area (Å²) in [4.78, 5) is 8.42. The molecule has 0 fully saturated rings. The van der Waals surface area contributed by atoms with E-state index < -0.39 is 0 Å². The molecule has 5 heteroatoms. The Bertz CT molecular complexity index is 755. The monoisotopic (exact) mass is 355 g/mol. The lowest BCUT2D eigenvalue weighted by Gasteiger charge is -2.25. The zero-order chi connectivity index (χ0) is 17.1. The molecule has 0 bridgehead atoms. The van der Waals surface area contributed by atoms with Gasteiger partial charge in [0.1, 0.15) is 5.75 Å². The molecule has 0 saturated heterocycles. The van der Waals surface area contributed by atoms with Gasteiger partial charge >= 0.3 is 0 Å². The Balaban J connectivity index is 1.19. The van der Waals surface area contributed by atoms with Crippen LogP contribution in [-0.2, 0) is 19.4 Å². The van der Waals surface area contributed by atoms with Crippen molar-refractivity contribution in [3.8, 4) is 5.75 Å². The molecule has 0 spiro atoms. The number of nitrogens with zero attached hydrogens (tertiary/aromatic N) is 2. The summed E-state index contributed by atoms with van der Waals surface area (Å²) in [5, 5.41) is 3.37. The van der Waals surface area contributed by atoms with E-state index in [0.29, 0.717) is 0 Å². The zero-order valence-corrected chi connectivity index (χ0v) is 15.4. The number of fused-ring (bicyclic) bond motifs is 2. The van der Waals surface area contributed by atoms with Crippen molar-refractivity contribution >= 4 is 17.0 Å². The molecule has 2 aliphatic heterocycles. The van der Waals surface area contributed by atoms with Gasteiger partial charge in [0.05, 0.1) is 17.8 Å². The first-order valence-corrected chi connectivity index (χ1v) is 10.00. The van der Waals surface area contributed by atoms with E-state index in [4.69, 9.17) is 4.74 Å². The highest BCUT2D eigenvalue weighted by atomic mass is 32.1. The number of anilines is 1. The van der Waals surface area contributed by atoms with Crippen molar-refractivity contribution in [2.75, 3.05) is 25.0 Å². The Morgan fingerprint density at radius 1 is 1.24 bits per heavy atom.